The van der Waals surface area contributed by atoms with E-state index in [1.54, 1.807) is 6.20 Å². The first kappa shape index (κ1) is 33.0. The Morgan fingerprint density at radius 3 is 2.08 bits per heavy atom. The molecule has 0 saturated heterocycles. The third-order valence-corrected chi connectivity index (χ3v) is 10.4. The standard InChI is InChI=1S/C32H27N2Si.C11H8N.Ir/c1-35(2,3)27-18-16-24(17-19-27)31-32-29(20-21-33-31)28-14-7-8-15-30(28)34(32)26-13-9-12-25(22-26)23-10-5-4-6-11-23;1-2-6-10(7-3-1)11-8-4-5-9-12-11;/h4-16,18-22H,1-3H3;1-6,8-9H;/q2*-1;. The Morgan fingerprint density at radius 1 is 0.583 bits per heavy atom. The van der Waals surface area contributed by atoms with Gasteiger partial charge in [-0.15, -0.1) is 70.9 Å². The zero-order valence-electron chi connectivity index (χ0n) is 27.2. The number of rotatable bonds is 5. The van der Waals surface area contributed by atoms with Crippen molar-refractivity contribution in [2.24, 2.45) is 0 Å². The molecular formula is C43H35IrN3Si-2. The molecule has 0 N–H and O–H groups in total. The molecule has 0 unspecified atom stereocenters. The van der Waals surface area contributed by atoms with Crippen LogP contribution in [0.5, 0.6) is 0 Å². The molecule has 0 fully saturated rings. The molecule has 5 aromatic carbocycles. The molecule has 0 amide bonds. The minimum absolute atomic E-state index is 0. The molecule has 3 nitrogen and oxygen atoms in total. The molecule has 0 spiro atoms. The van der Waals surface area contributed by atoms with Crippen molar-refractivity contribution in [3.63, 3.8) is 0 Å². The van der Waals surface area contributed by atoms with Crippen LogP contribution in [-0.2, 0) is 20.1 Å². The number of pyridine rings is 2. The average Bonchev–Trinajstić information content (AvgIpc) is 3.47. The van der Waals surface area contributed by atoms with Crippen LogP contribution in [0.1, 0.15) is 0 Å². The molecule has 0 aliphatic carbocycles. The maximum atomic E-state index is 4.89. The summed E-state index contributed by atoms with van der Waals surface area (Å²) >= 11 is 0. The maximum Gasteiger partial charge on any atom is 0.0533 e. The molecule has 0 bridgehead atoms. The van der Waals surface area contributed by atoms with Gasteiger partial charge in [-0.25, -0.2) is 0 Å². The van der Waals surface area contributed by atoms with Crippen LogP contribution in [-0.4, -0.2) is 22.6 Å². The number of para-hydroxylation sites is 1. The van der Waals surface area contributed by atoms with Gasteiger partial charge in [0.15, 0.2) is 0 Å². The smallest absolute Gasteiger partial charge is 0.0533 e. The second kappa shape index (κ2) is 14.5. The average molecular weight is 814 g/mol. The topological polar surface area (TPSA) is 30.7 Å². The van der Waals surface area contributed by atoms with Crippen LogP contribution in [0.2, 0.25) is 19.6 Å². The van der Waals surface area contributed by atoms with Crippen molar-refractivity contribution >= 4 is 35.1 Å². The fourth-order valence-electron chi connectivity index (χ4n) is 5.95. The molecule has 0 atom stereocenters. The van der Waals surface area contributed by atoms with Crippen molar-refractivity contribution in [3.05, 3.63) is 170 Å². The molecule has 48 heavy (non-hydrogen) atoms. The van der Waals surface area contributed by atoms with Gasteiger partial charge < -0.3 is 14.5 Å². The minimum Gasteiger partial charge on any atom is -0.316 e. The third-order valence-electron chi connectivity index (χ3n) is 8.38. The number of fused-ring (bicyclic) bond motifs is 3. The summed E-state index contributed by atoms with van der Waals surface area (Å²) in [6.45, 7) is 7.10. The predicted octanol–water partition coefficient (Wildman–Crippen LogP) is 10.4. The van der Waals surface area contributed by atoms with E-state index in [1.165, 1.54) is 32.6 Å². The first-order chi connectivity index (χ1) is 23.0. The fraction of sp³-hybridized carbons (Fsp3) is 0.0698. The van der Waals surface area contributed by atoms with E-state index in [-0.39, 0.29) is 20.1 Å². The maximum absolute atomic E-state index is 4.89. The summed E-state index contributed by atoms with van der Waals surface area (Å²) in [5.74, 6) is 0. The first-order valence-corrected chi connectivity index (χ1v) is 19.4. The van der Waals surface area contributed by atoms with Gasteiger partial charge in [-0.05, 0) is 47.2 Å². The first-order valence-electron chi connectivity index (χ1n) is 15.9. The molecule has 8 aromatic rings. The van der Waals surface area contributed by atoms with Crippen molar-refractivity contribution in [1.82, 2.24) is 14.5 Å². The number of hydrogen-bond donors (Lipinski definition) is 0. The minimum atomic E-state index is -1.40. The summed E-state index contributed by atoms with van der Waals surface area (Å²) < 4.78 is 2.36. The van der Waals surface area contributed by atoms with Crippen molar-refractivity contribution in [1.29, 1.82) is 0 Å². The van der Waals surface area contributed by atoms with Gasteiger partial charge in [-0.3, -0.25) is 0 Å². The molecule has 237 valence electrons. The van der Waals surface area contributed by atoms with E-state index < -0.39 is 8.07 Å². The van der Waals surface area contributed by atoms with Crippen LogP contribution in [0.3, 0.4) is 0 Å². The fourth-order valence-corrected chi connectivity index (χ4v) is 7.04. The quantitative estimate of drug-likeness (QED) is 0.128. The molecular weight excluding hydrogens is 779 g/mol. The van der Waals surface area contributed by atoms with E-state index in [2.05, 4.69) is 144 Å². The second-order valence-electron chi connectivity index (χ2n) is 12.6. The van der Waals surface area contributed by atoms with Gasteiger partial charge in [0.1, 0.15) is 0 Å². The van der Waals surface area contributed by atoms with Gasteiger partial charge in [0.25, 0.3) is 0 Å². The molecule has 8 rings (SSSR count). The summed E-state index contributed by atoms with van der Waals surface area (Å²) in [5.41, 5.74) is 9.85. The van der Waals surface area contributed by atoms with Crippen LogP contribution in [0.25, 0.3) is 61.1 Å². The van der Waals surface area contributed by atoms with Gasteiger partial charge in [0, 0.05) is 68.2 Å². The number of nitrogens with zero attached hydrogens (tertiary/aromatic N) is 3. The zero-order chi connectivity index (χ0) is 32.2. The Kier molecular flexibility index (Phi) is 9.93. The van der Waals surface area contributed by atoms with Crippen LogP contribution in [0.4, 0.5) is 0 Å². The summed E-state index contributed by atoms with van der Waals surface area (Å²) in [7, 11) is -1.40. The zero-order valence-corrected chi connectivity index (χ0v) is 30.6. The van der Waals surface area contributed by atoms with Crippen LogP contribution in [0, 0.1) is 12.1 Å². The SMILES string of the molecule is C[Si](C)(C)c1c[c-]c(-c2nccc3c4ccccc4n(-c4cccc(-c5ccccc5)c4)c23)cc1.[Ir].[c-]1ccccc1-c1ccccn1. The third kappa shape index (κ3) is 6.85. The van der Waals surface area contributed by atoms with Gasteiger partial charge in [0.2, 0.25) is 0 Å². The van der Waals surface area contributed by atoms with E-state index in [0.717, 1.165) is 33.7 Å². The van der Waals surface area contributed by atoms with Crippen molar-refractivity contribution in [2.45, 2.75) is 19.6 Å². The summed E-state index contributed by atoms with van der Waals surface area (Å²) in [4.78, 5) is 9.11. The molecule has 3 heterocycles. The van der Waals surface area contributed by atoms with Crippen molar-refractivity contribution < 1.29 is 20.1 Å². The number of aromatic nitrogens is 3. The van der Waals surface area contributed by atoms with Gasteiger partial charge in [0.05, 0.1) is 5.52 Å². The molecule has 0 aliphatic rings. The van der Waals surface area contributed by atoms with E-state index in [9.17, 15) is 0 Å². The summed E-state index contributed by atoms with van der Waals surface area (Å²) in [6, 6.07) is 57.1. The van der Waals surface area contributed by atoms with Gasteiger partial charge >= 0.3 is 0 Å². The van der Waals surface area contributed by atoms with Crippen molar-refractivity contribution in [3.8, 4) is 39.3 Å². The van der Waals surface area contributed by atoms with Crippen molar-refractivity contribution in [2.75, 3.05) is 0 Å². The van der Waals surface area contributed by atoms with Crippen LogP contribution < -0.4 is 5.19 Å². The normalized spacial score (nSPS) is 11.1. The van der Waals surface area contributed by atoms with Gasteiger partial charge in [-0.1, -0.05) is 92.4 Å². The van der Waals surface area contributed by atoms with Gasteiger partial charge in [-0.2, -0.15) is 0 Å². The van der Waals surface area contributed by atoms with E-state index >= 15 is 0 Å². The van der Waals surface area contributed by atoms with Crippen LogP contribution >= 0.6 is 0 Å². The van der Waals surface area contributed by atoms with Crippen LogP contribution in [0.15, 0.2) is 158 Å². The Bertz CT molecular complexity index is 2220. The monoisotopic (exact) mass is 814 g/mol. The number of benzene rings is 5. The molecule has 0 saturated carbocycles. The Balaban J connectivity index is 0.000000260. The number of hydrogen-bond acceptors (Lipinski definition) is 2. The largest absolute Gasteiger partial charge is 0.316 e. The summed E-state index contributed by atoms with van der Waals surface area (Å²) in [6.07, 6.45) is 3.71. The van der Waals surface area contributed by atoms with E-state index in [1.807, 2.05) is 48.7 Å². The molecule has 0 aliphatic heterocycles. The van der Waals surface area contributed by atoms with E-state index in [0.29, 0.717) is 0 Å². The molecule has 1 radical (unpaired) electrons. The predicted molar refractivity (Wildman–Crippen MR) is 200 cm³/mol. The Labute approximate surface area is 297 Å². The molecule has 3 aromatic heterocycles. The Hall–Kier alpha value is -4.93. The van der Waals surface area contributed by atoms with E-state index in [4.69, 9.17) is 4.98 Å². The molecule has 5 heteroatoms. The second-order valence-corrected chi connectivity index (χ2v) is 17.6. The Morgan fingerprint density at radius 2 is 1.35 bits per heavy atom. The summed E-state index contributed by atoms with van der Waals surface area (Å²) in [5, 5.41) is 3.85.